The van der Waals surface area contributed by atoms with Crippen molar-refractivity contribution in [2.45, 2.75) is 37.7 Å². The van der Waals surface area contributed by atoms with Crippen molar-refractivity contribution < 1.29 is 24.9 Å². The SMILES string of the molecule is C[C@@H](O)[C@H]1C(=O)N2C(C(=O)O)=C(SC(CO)Cc3nccs3)[C@H](C)[C@H]12. The molecule has 1 aromatic heterocycles. The highest BCUT2D eigenvalue weighted by atomic mass is 32.2. The van der Waals surface area contributed by atoms with Crippen molar-refractivity contribution in [2.75, 3.05) is 6.61 Å². The summed E-state index contributed by atoms with van der Waals surface area (Å²) in [6.07, 6.45) is 1.40. The number of aromatic nitrogens is 1. The molecule has 1 unspecified atom stereocenters. The van der Waals surface area contributed by atoms with Gasteiger partial charge in [-0.25, -0.2) is 9.78 Å². The molecular formula is C16H20N2O5S2. The highest BCUT2D eigenvalue weighted by molar-refractivity contribution is 8.03. The molecule has 2 aliphatic rings. The lowest BCUT2D eigenvalue weighted by Gasteiger charge is -2.46. The molecule has 2 aliphatic heterocycles. The summed E-state index contributed by atoms with van der Waals surface area (Å²) in [5.41, 5.74) is -0.0120. The number of carboxylic acid groups (broad SMARTS) is 1. The maximum atomic E-state index is 12.3. The van der Waals surface area contributed by atoms with Crippen LogP contribution in [-0.4, -0.2) is 61.1 Å². The van der Waals surface area contributed by atoms with Gasteiger partial charge >= 0.3 is 5.97 Å². The number of carbonyl (C=O) groups is 2. The Hall–Kier alpha value is -1.42. The third-order valence-corrected chi connectivity index (χ3v) is 6.96. The fourth-order valence-electron chi connectivity index (χ4n) is 3.55. The fourth-order valence-corrected chi connectivity index (χ4v) is 5.68. The molecule has 1 amide bonds. The molecule has 9 heteroatoms. The van der Waals surface area contributed by atoms with E-state index in [0.717, 1.165) is 5.01 Å². The van der Waals surface area contributed by atoms with Crippen molar-refractivity contribution in [1.82, 2.24) is 9.88 Å². The largest absolute Gasteiger partial charge is 0.477 e. The molecule has 7 nitrogen and oxygen atoms in total. The number of β-lactam (4-membered cyclic amide) rings is 1. The molecule has 3 N–H and O–H groups in total. The zero-order chi connectivity index (χ0) is 18.3. The number of carboxylic acids is 1. The first-order chi connectivity index (χ1) is 11.9. The molecule has 25 heavy (non-hydrogen) atoms. The molecule has 0 spiro atoms. The molecule has 1 aromatic rings. The molecule has 136 valence electrons. The standard InChI is InChI=1S/C16H20N2O5S2/c1-7-12-11(8(2)20)15(21)18(12)13(16(22)23)14(7)25-9(6-19)5-10-17-3-4-24-10/h3-4,7-9,11-12,19-20H,5-6H2,1-2H3,(H,22,23)/t7-,8-,9?,11-,12-/m1/s1. The Balaban J connectivity index is 1.85. The Morgan fingerprint density at radius 3 is 2.76 bits per heavy atom. The number of rotatable bonds is 7. The van der Waals surface area contributed by atoms with Gasteiger partial charge in [-0.3, -0.25) is 4.79 Å². The number of thiazole rings is 1. The highest BCUT2D eigenvalue weighted by Gasteiger charge is 2.60. The maximum Gasteiger partial charge on any atom is 0.353 e. The summed E-state index contributed by atoms with van der Waals surface area (Å²) in [6, 6.07) is -0.333. The third kappa shape index (κ3) is 3.10. The van der Waals surface area contributed by atoms with Gasteiger partial charge in [-0.2, -0.15) is 0 Å². The molecule has 5 atom stereocenters. The number of fused-ring (bicyclic) bond motifs is 1. The lowest BCUT2D eigenvalue weighted by Crippen LogP contribution is -2.63. The molecule has 0 saturated carbocycles. The minimum atomic E-state index is -1.15. The molecular weight excluding hydrogens is 364 g/mol. The molecule has 0 bridgehead atoms. The van der Waals surface area contributed by atoms with Crippen LogP contribution in [0.5, 0.6) is 0 Å². The van der Waals surface area contributed by atoms with Crippen molar-refractivity contribution in [3.8, 4) is 0 Å². The van der Waals surface area contributed by atoms with Crippen LogP contribution in [0.2, 0.25) is 0 Å². The zero-order valence-corrected chi connectivity index (χ0v) is 15.5. The second-order valence-electron chi connectivity index (χ2n) is 6.32. The molecule has 1 saturated heterocycles. The van der Waals surface area contributed by atoms with Crippen molar-refractivity contribution >= 4 is 35.0 Å². The van der Waals surface area contributed by atoms with Crippen LogP contribution >= 0.6 is 23.1 Å². The normalized spacial score (nSPS) is 27.9. The van der Waals surface area contributed by atoms with Crippen LogP contribution in [0, 0.1) is 11.8 Å². The Morgan fingerprint density at radius 1 is 1.52 bits per heavy atom. The maximum absolute atomic E-state index is 12.3. The van der Waals surface area contributed by atoms with E-state index in [-0.39, 0.29) is 35.4 Å². The quantitative estimate of drug-likeness (QED) is 0.600. The van der Waals surface area contributed by atoms with E-state index >= 15 is 0 Å². The Labute approximate surface area is 153 Å². The summed E-state index contributed by atoms with van der Waals surface area (Å²) in [5.74, 6) is -2.27. The van der Waals surface area contributed by atoms with Gasteiger partial charge in [0.15, 0.2) is 0 Å². The van der Waals surface area contributed by atoms with Gasteiger partial charge in [-0.15, -0.1) is 23.1 Å². The number of amides is 1. The second-order valence-corrected chi connectivity index (χ2v) is 8.65. The number of carbonyl (C=O) groups excluding carboxylic acids is 1. The van der Waals surface area contributed by atoms with Crippen LogP contribution in [0.3, 0.4) is 0 Å². The van der Waals surface area contributed by atoms with E-state index in [1.807, 2.05) is 12.3 Å². The number of hydrogen-bond donors (Lipinski definition) is 3. The summed E-state index contributed by atoms with van der Waals surface area (Å²) in [4.78, 5) is 30.1. The average Bonchev–Trinajstić information content (AvgIpc) is 3.12. The van der Waals surface area contributed by atoms with Crippen molar-refractivity contribution in [2.24, 2.45) is 11.8 Å². The molecule has 1 fully saturated rings. The van der Waals surface area contributed by atoms with E-state index in [1.54, 1.807) is 13.1 Å². The number of aliphatic carboxylic acids is 1. The van der Waals surface area contributed by atoms with E-state index in [4.69, 9.17) is 0 Å². The van der Waals surface area contributed by atoms with Crippen LogP contribution in [0.25, 0.3) is 0 Å². The van der Waals surface area contributed by atoms with Gasteiger partial charge in [-0.05, 0) is 6.92 Å². The van der Waals surface area contributed by atoms with Crippen LogP contribution in [-0.2, 0) is 16.0 Å². The molecule has 3 heterocycles. The van der Waals surface area contributed by atoms with E-state index < -0.39 is 18.0 Å². The van der Waals surface area contributed by atoms with Crippen molar-refractivity contribution in [3.63, 3.8) is 0 Å². The fraction of sp³-hybridized carbons (Fsp3) is 0.562. The van der Waals surface area contributed by atoms with Gasteiger partial charge in [0.1, 0.15) is 5.70 Å². The van der Waals surface area contributed by atoms with Gasteiger partial charge in [0.05, 0.1) is 29.7 Å². The summed E-state index contributed by atoms with van der Waals surface area (Å²) in [7, 11) is 0. The third-order valence-electron chi connectivity index (χ3n) is 4.69. The molecule has 0 radical (unpaired) electrons. The number of thioether (sulfide) groups is 1. The van der Waals surface area contributed by atoms with Gasteiger partial charge in [0.25, 0.3) is 0 Å². The van der Waals surface area contributed by atoms with Crippen molar-refractivity contribution in [1.29, 1.82) is 0 Å². The minimum Gasteiger partial charge on any atom is -0.477 e. The Morgan fingerprint density at radius 2 is 2.24 bits per heavy atom. The highest BCUT2D eigenvalue weighted by Crippen LogP contribution is 2.51. The minimum absolute atomic E-state index is 0.0120. The van der Waals surface area contributed by atoms with Gasteiger partial charge < -0.3 is 20.2 Å². The molecule has 0 aliphatic carbocycles. The Bertz CT molecular complexity index is 703. The monoisotopic (exact) mass is 384 g/mol. The first-order valence-electron chi connectivity index (χ1n) is 8.01. The van der Waals surface area contributed by atoms with Gasteiger partial charge in [0.2, 0.25) is 5.91 Å². The van der Waals surface area contributed by atoms with Crippen molar-refractivity contribution in [3.05, 3.63) is 27.2 Å². The predicted octanol–water partition coefficient (Wildman–Crippen LogP) is 0.933. The van der Waals surface area contributed by atoms with Crippen LogP contribution in [0.1, 0.15) is 18.9 Å². The smallest absolute Gasteiger partial charge is 0.353 e. The summed E-state index contributed by atoms with van der Waals surface area (Å²) < 4.78 is 0. The van der Waals surface area contributed by atoms with E-state index in [2.05, 4.69) is 4.98 Å². The number of hydrogen-bond acceptors (Lipinski definition) is 7. The summed E-state index contributed by atoms with van der Waals surface area (Å²) in [5, 5.41) is 31.6. The Kier molecular flexibility index (Phi) is 5.19. The topological polar surface area (TPSA) is 111 Å². The zero-order valence-electron chi connectivity index (χ0n) is 13.8. The second kappa shape index (κ2) is 7.06. The first-order valence-corrected chi connectivity index (χ1v) is 9.77. The lowest BCUT2D eigenvalue weighted by molar-refractivity contribution is -0.163. The average molecular weight is 384 g/mol. The number of nitrogens with zero attached hydrogens (tertiary/aromatic N) is 2. The summed E-state index contributed by atoms with van der Waals surface area (Å²) >= 11 is 2.78. The van der Waals surface area contributed by atoms with E-state index in [9.17, 15) is 24.9 Å². The van der Waals surface area contributed by atoms with Gasteiger partial charge in [0, 0.05) is 34.1 Å². The van der Waals surface area contributed by atoms with E-state index in [1.165, 1.54) is 28.0 Å². The summed E-state index contributed by atoms with van der Waals surface area (Å²) in [6.45, 7) is 3.30. The van der Waals surface area contributed by atoms with Crippen LogP contribution in [0.15, 0.2) is 22.2 Å². The molecule has 0 aromatic carbocycles. The van der Waals surface area contributed by atoms with Crippen LogP contribution < -0.4 is 0 Å². The predicted molar refractivity (Wildman–Crippen MR) is 93.9 cm³/mol. The lowest BCUT2D eigenvalue weighted by atomic mass is 9.79. The number of aliphatic hydroxyl groups is 2. The first kappa shape index (κ1) is 18.4. The van der Waals surface area contributed by atoms with Gasteiger partial charge in [-0.1, -0.05) is 6.92 Å². The molecule has 3 rings (SSSR count). The number of aliphatic hydroxyl groups excluding tert-OH is 2. The van der Waals surface area contributed by atoms with E-state index in [0.29, 0.717) is 11.3 Å². The van der Waals surface area contributed by atoms with Crippen LogP contribution in [0.4, 0.5) is 0 Å².